The number of nitrogens with zero attached hydrogens (tertiary/aromatic N) is 2. The van der Waals surface area contributed by atoms with Crippen LogP contribution in [-0.2, 0) is 13.0 Å². The van der Waals surface area contributed by atoms with Crippen molar-refractivity contribution in [3.8, 4) is 0 Å². The molecule has 2 heterocycles. The Balaban J connectivity index is 1.76. The van der Waals surface area contributed by atoms with Crippen LogP contribution in [0.1, 0.15) is 30.5 Å². The van der Waals surface area contributed by atoms with Crippen molar-refractivity contribution in [2.24, 2.45) is 0 Å². The van der Waals surface area contributed by atoms with Crippen molar-refractivity contribution < 1.29 is 0 Å². The van der Waals surface area contributed by atoms with Gasteiger partial charge in [0.1, 0.15) is 0 Å². The number of nitrogens with one attached hydrogen (secondary N) is 1. The standard InChI is InChI=1S/C13H19N3S/c1-11(2)16-10-15-9-12(16)8-14-6-5-13-4-3-7-17-13/h3-4,7,9-11,14H,5-6,8H2,1-2H3. The number of aromatic nitrogens is 2. The number of hydrogen-bond donors (Lipinski definition) is 1. The highest BCUT2D eigenvalue weighted by molar-refractivity contribution is 7.09. The maximum Gasteiger partial charge on any atom is 0.0951 e. The highest BCUT2D eigenvalue weighted by Gasteiger charge is 2.04. The van der Waals surface area contributed by atoms with Gasteiger partial charge in [0.2, 0.25) is 0 Å². The number of thiophene rings is 1. The Morgan fingerprint density at radius 1 is 1.47 bits per heavy atom. The smallest absolute Gasteiger partial charge is 0.0951 e. The molecule has 0 radical (unpaired) electrons. The van der Waals surface area contributed by atoms with Crippen molar-refractivity contribution in [2.75, 3.05) is 6.54 Å². The van der Waals surface area contributed by atoms with Gasteiger partial charge in [-0.05, 0) is 31.7 Å². The topological polar surface area (TPSA) is 29.9 Å². The van der Waals surface area contributed by atoms with Crippen LogP contribution < -0.4 is 5.32 Å². The minimum absolute atomic E-state index is 0.478. The molecule has 0 bridgehead atoms. The molecule has 92 valence electrons. The molecule has 0 saturated carbocycles. The molecule has 0 aromatic carbocycles. The summed E-state index contributed by atoms with van der Waals surface area (Å²) in [5, 5.41) is 5.60. The van der Waals surface area contributed by atoms with Crippen molar-refractivity contribution in [1.29, 1.82) is 0 Å². The molecule has 0 amide bonds. The Morgan fingerprint density at radius 2 is 2.35 bits per heavy atom. The summed E-state index contributed by atoms with van der Waals surface area (Å²) in [6.07, 6.45) is 4.95. The molecule has 0 spiro atoms. The van der Waals surface area contributed by atoms with E-state index in [1.807, 2.05) is 23.9 Å². The van der Waals surface area contributed by atoms with E-state index in [0.29, 0.717) is 6.04 Å². The maximum atomic E-state index is 4.20. The van der Waals surface area contributed by atoms with Gasteiger partial charge >= 0.3 is 0 Å². The summed E-state index contributed by atoms with van der Waals surface area (Å²) >= 11 is 1.82. The van der Waals surface area contributed by atoms with Crippen molar-refractivity contribution >= 4 is 11.3 Å². The molecule has 1 N–H and O–H groups in total. The van der Waals surface area contributed by atoms with Gasteiger partial charge < -0.3 is 9.88 Å². The zero-order valence-corrected chi connectivity index (χ0v) is 11.2. The third-order valence-corrected chi connectivity index (χ3v) is 3.67. The van der Waals surface area contributed by atoms with E-state index >= 15 is 0 Å². The summed E-state index contributed by atoms with van der Waals surface area (Å²) in [4.78, 5) is 5.64. The summed E-state index contributed by atoms with van der Waals surface area (Å²) in [5.74, 6) is 0. The van der Waals surface area contributed by atoms with Gasteiger partial charge in [0.05, 0.1) is 12.0 Å². The Labute approximate surface area is 107 Å². The van der Waals surface area contributed by atoms with Gasteiger partial charge in [-0.25, -0.2) is 4.98 Å². The number of hydrogen-bond acceptors (Lipinski definition) is 3. The van der Waals surface area contributed by atoms with Gasteiger partial charge in [-0.1, -0.05) is 6.07 Å². The lowest BCUT2D eigenvalue weighted by Gasteiger charge is -2.12. The second kappa shape index (κ2) is 5.98. The molecule has 0 aliphatic heterocycles. The van der Waals surface area contributed by atoms with E-state index in [1.54, 1.807) is 0 Å². The molecule has 2 aromatic rings. The Bertz CT molecular complexity index is 431. The van der Waals surface area contributed by atoms with Gasteiger partial charge in [-0.3, -0.25) is 0 Å². The molecule has 0 aliphatic carbocycles. The van der Waals surface area contributed by atoms with Crippen molar-refractivity contribution in [3.63, 3.8) is 0 Å². The van der Waals surface area contributed by atoms with E-state index < -0.39 is 0 Å². The van der Waals surface area contributed by atoms with Crippen LogP contribution in [0.2, 0.25) is 0 Å². The molecule has 3 nitrogen and oxygen atoms in total. The van der Waals surface area contributed by atoms with Gasteiger partial charge in [-0.15, -0.1) is 11.3 Å². The maximum absolute atomic E-state index is 4.20. The Kier molecular flexibility index (Phi) is 4.34. The van der Waals surface area contributed by atoms with Crippen molar-refractivity contribution in [3.05, 3.63) is 40.6 Å². The van der Waals surface area contributed by atoms with E-state index in [9.17, 15) is 0 Å². The number of rotatable bonds is 6. The molecule has 17 heavy (non-hydrogen) atoms. The van der Waals surface area contributed by atoms with Gasteiger partial charge in [0.25, 0.3) is 0 Å². The summed E-state index contributed by atoms with van der Waals surface area (Å²) in [6, 6.07) is 4.77. The molecule has 0 saturated heterocycles. The SMILES string of the molecule is CC(C)n1cncc1CNCCc1cccs1. The summed E-state index contributed by atoms with van der Waals surface area (Å²) in [5.41, 5.74) is 1.26. The minimum atomic E-state index is 0.478. The van der Waals surface area contributed by atoms with E-state index in [0.717, 1.165) is 19.5 Å². The summed E-state index contributed by atoms with van der Waals surface area (Å²) < 4.78 is 2.21. The lowest BCUT2D eigenvalue weighted by molar-refractivity contribution is 0.551. The zero-order valence-electron chi connectivity index (χ0n) is 10.4. The average Bonchev–Trinajstić information content (AvgIpc) is 2.95. The monoisotopic (exact) mass is 249 g/mol. The second-order valence-corrected chi connectivity index (χ2v) is 5.42. The molecule has 2 aromatic heterocycles. The molecular formula is C13H19N3S. The van der Waals surface area contributed by atoms with Crippen LogP contribution >= 0.6 is 11.3 Å². The van der Waals surface area contributed by atoms with Crippen LogP contribution in [0.3, 0.4) is 0 Å². The normalized spacial score (nSPS) is 11.2. The van der Waals surface area contributed by atoms with Crippen LogP contribution in [0.25, 0.3) is 0 Å². The Morgan fingerprint density at radius 3 is 3.06 bits per heavy atom. The predicted octanol–water partition coefficient (Wildman–Crippen LogP) is 2.86. The first-order valence-electron chi connectivity index (χ1n) is 6.01. The molecule has 0 unspecified atom stereocenters. The van der Waals surface area contributed by atoms with Crippen molar-refractivity contribution in [2.45, 2.75) is 32.9 Å². The zero-order chi connectivity index (χ0) is 12.1. The number of imidazole rings is 1. The predicted molar refractivity (Wildman–Crippen MR) is 72.3 cm³/mol. The molecule has 0 aliphatic rings. The van der Waals surface area contributed by atoms with Crippen LogP contribution in [0.15, 0.2) is 30.0 Å². The van der Waals surface area contributed by atoms with E-state index in [1.165, 1.54) is 10.6 Å². The molecule has 4 heteroatoms. The average molecular weight is 249 g/mol. The van der Waals surface area contributed by atoms with E-state index in [4.69, 9.17) is 0 Å². The third kappa shape index (κ3) is 3.41. The fourth-order valence-electron chi connectivity index (χ4n) is 1.82. The first kappa shape index (κ1) is 12.3. The largest absolute Gasteiger partial charge is 0.331 e. The molecular weight excluding hydrogens is 230 g/mol. The fourth-order valence-corrected chi connectivity index (χ4v) is 2.53. The highest BCUT2D eigenvalue weighted by atomic mass is 32.1. The van der Waals surface area contributed by atoms with Gasteiger partial charge in [0.15, 0.2) is 0 Å². The molecule has 0 atom stereocenters. The fraction of sp³-hybridized carbons (Fsp3) is 0.462. The summed E-state index contributed by atoms with van der Waals surface area (Å²) in [6.45, 7) is 6.26. The molecule has 0 fully saturated rings. The van der Waals surface area contributed by atoms with E-state index in [-0.39, 0.29) is 0 Å². The highest BCUT2D eigenvalue weighted by Crippen LogP contribution is 2.10. The lowest BCUT2D eigenvalue weighted by atomic mass is 10.3. The van der Waals surface area contributed by atoms with Crippen molar-refractivity contribution in [1.82, 2.24) is 14.9 Å². The van der Waals surface area contributed by atoms with Gasteiger partial charge in [-0.2, -0.15) is 0 Å². The first-order valence-corrected chi connectivity index (χ1v) is 6.89. The van der Waals surface area contributed by atoms with Crippen LogP contribution in [0, 0.1) is 0 Å². The van der Waals surface area contributed by atoms with Crippen LogP contribution in [0.5, 0.6) is 0 Å². The van der Waals surface area contributed by atoms with E-state index in [2.05, 4.69) is 46.2 Å². The minimum Gasteiger partial charge on any atom is -0.331 e. The second-order valence-electron chi connectivity index (χ2n) is 4.39. The quantitative estimate of drug-likeness (QED) is 0.798. The Hall–Kier alpha value is -1.13. The van der Waals surface area contributed by atoms with Crippen LogP contribution in [-0.4, -0.2) is 16.1 Å². The van der Waals surface area contributed by atoms with Gasteiger partial charge in [0, 0.05) is 30.2 Å². The third-order valence-electron chi connectivity index (χ3n) is 2.74. The van der Waals surface area contributed by atoms with Crippen LogP contribution in [0.4, 0.5) is 0 Å². The summed E-state index contributed by atoms with van der Waals surface area (Å²) in [7, 11) is 0. The lowest BCUT2D eigenvalue weighted by Crippen LogP contribution is -2.19. The molecule has 2 rings (SSSR count). The first-order chi connectivity index (χ1) is 8.27.